The molecule has 0 bridgehead atoms. The molecule has 0 radical (unpaired) electrons. The Hall–Kier alpha value is -8.74. The van der Waals surface area contributed by atoms with Crippen molar-refractivity contribution in [2.24, 2.45) is 45.9 Å². The third-order valence-corrected chi connectivity index (χ3v) is 14.6. The van der Waals surface area contributed by atoms with Crippen LogP contribution in [-0.4, -0.2) is 176 Å². The van der Waals surface area contributed by atoms with E-state index >= 15 is 0 Å². The zero-order valence-electron chi connectivity index (χ0n) is 54.0. The molecule has 10 amide bonds. The average molecular weight is 1310 g/mol. The summed E-state index contributed by atoms with van der Waals surface area (Å²) in [4.78, 5) is 167. The minimum absolute atomic E-state index is 0.0243. The number of carboxylic acids is 2. The first-order valence-corrected chi connectivity index (χ1v) is 30.9. The number of rotatable bonds is 39. The van der Waals surface area contributed by atoms with Gasteiger partial charge in [0.25, 0.3) is 0 Å². The summed E-state index contributed by atoms with van der Waals surface area (Å²) in [6, 6.07) is -4.09. The van der Waals surface area contributed by atoms with E-state index in [1.807, 2.05) is 13.8 Å². The minimum atomic E-state index is -2.05. The van der Waals surface area contributed by atoms with Gasteiger partial charge in [-0.3, -0.25) is 62.5 Å². The normalized spacial score (nSPS) is 15.2. The fourth-order valence-corrected chi connectivity index (χ4v) is 9.36. The summed E-state index contributed by atoms with van der Waals surface area (Å²) < 4.78 is 0. The molecule has 0 unspecified atom stereocenters. The molecule has 0 saturated heterocycles. The summed E-state index contributed by atoms with van der Waals surface area (Å²) >= 11 is 4.14. The second-order valence-electron chi connectivity index (χ2n) is 24.5. The topological polar surface area (TPSA) is 496 Å². The molecule has 2 rings (SSSR count). The highest BCUT2D eigenvalue weighted by atomic mass is 32.1. The van der Waals surface area contributed by atoms with Crippen molar-refractivity contribution in [3.63, 3.8) is 0 Å². The number of thiol groups is 1. The Labute approximate surface area is 541 Å². The summed E-state index contributed by atoms with van der Waals surface area (Å²) in [6.45, 7) is 17.9. The van der Waals surface area contributed by atoms with E-state index in [0.717, 1.165) is 0 Å². The standard InChI is InChI=1S/C61H96N14O16S/c1-29(2)23-40(62)51(80)71-45(27-36-14-18-38(76)19-15-36)55(84)69-41(13-12-22-65-61(63)64)52(81)66-34(10)50(79)70-44(26-32(7)8)57(86)75-47(48(92)60(90)91)58(87)74-43(25-31(5)6)54(83)73-46(28-37-16-20-39(77)21-17-37)56(85)72-42(24-30(3)4)53(82)67-33(9)49(78)68-35(11)59(88)89/h14-21,29-35,40-48,76-77,92H,12-13,22-28,62H2,1-11H3,(H,66,81)(H,67,82)(H,68,78)(H,69,84)(H,70,79)(H,71,80)(H,72,85)(H,73,83)(H,74,87)(H,75,86)(H,88,89)(H,90,91)(H4,63,64,65)/t33-,34-,35-,40-,41-,42-,43-,44-,45-,46-,47-,48-/m0/s1. The van der Waals surface area contributed by atoms with Crippen molar-refractivity contribution >= 4 is 89.6 Å². The first kappa shape index (κ1) is 79.4. The van der Waals surface area contributed by atoms with E-state index in [-0.39, 0.29) is 92.6 Å². The fraction of sp³-hybridized carbons (Fsp3) is 0.590. The maximum Gasteiger partial charge on any atom is 0.325 e. The van der Waals surface area contributed by atoms with Crippen molar-refractivity contribution in [2.75, 3.05) is 6.54 Å². The van der Waals surface area contributed by atoms with Gasteiger partial charge in [-0.1, -0.05) is 79.7 Å². The van der Waals surface area contributed by atoms with Gasteiger partial charge in [0.15, 0.2) is 5.96 Å². The van der Waals surface area contributed by atoms with Crippen LogP contribution < -0.4 is 70.4 Å². The Kier molecular flexibility index (Phi) is 33.5. The number of carboxylic acid groups (broad SMARTS) is 2. The van der Waals surface area contributed by atoms with Gasteiger partial charge >= 0.3 is 11.9 Å². The van der Waals surface area contributed by atoms with Crippen molar-refractivity contribution in [1.29, 1.82) is 0 Å². The zero-order valence-corrected chi connectivity index (χ0v) is 54.9. The first-order chi connectivity index (χ1) is 42.9. The van der Waals surface area contributed by atoms with Gasteiger partial charge in [-0.05, 0) is 118 Å². The van der Waals surface area contributed by atoms with Gasteiger partial charge in [-0.15, -0.1) is 0 Å². The summed E-state index contributed by atoms with van der Waals surface area (Å²) in [7, 11) is 0. The molecule has 0 heterocycles. The number of aliphatic imine (C=N–C) groups is 1. The van der Waals surface area contributed by atoms with Crippen molar-refractivity contribution in [1.82, 2.24) is 53.2 Å². The number of amides is 10. The van der Waals surface area contributed by atoms with E-state index in [1.165, 1.54) is 69.3 Å². The Balaban J connectivity index is 2.49. The van der Waals surface area contributed by atoms with Crippen LogP contribution in [0.5, 0.6) is 11.5 Å². The van der Waals surface area contributed by atoms with E-state index < -0.39 is 143 Å². The summed E-state index contributed by atoms with van der Waals surface area (Å²) in [5, 5.41) is 62.6. The lowest BCUT2D eigenvalue weighted by Crippen LogP contribution is -2.62. The Morgan fingerprint density at radius 3 is 1.14 bits per heavy atom. The highest BCUT2D eigenvalue weighted by Gasteiger charge is 2.39. The molecular weight excluding hydrogens is 1220 g/mol. The summed E-state index contributed by atoms with van der Waals surface area (Å²) in [6.07, 6.45) is -0.233. The minimum Gasteiger partial charge on any atom is -0.508 e. The van der Waals surface area contributed by atoms with E-state index in [0.29, 0.717) is 17.5 Å². The number of nitrogens with two attached hydrogens (primary N) is 3. The molecule has 20 N–H and O–H groups in total. The summed E-state index contributed by atoms with van der Waals surface area (Å²) in [5.41, 5.74) is 18.1. The molecule has 30 nitrogen and oxygen atoms in total. The molecule has 512 valence electrons. The van der Waals surface area contributed by atoms with Gasteiger partial charge in [-0.2, -0.15) is 12.6 Å². The number of aromatic hydroxyl groups is 2. The first-order valence-electron chi connectivity index (χ1n) is 30.4. The SMILES string of the molecule is CC(C)C[C@H](NC(=O)[C@H](C)NC(=O)[C@H](CCCN=C(N)N)NC(=O)[C@H](Cc1ccc(O)cc1)NC(=O)[C@@H](N)CC(C)C)C(=O)N[C@H](C(=O)N[C@@H](CC(C)C)C(=O)N[C@@H](Cc1ccc(O)cc1)C(=O)N[C@@H](CC(C)C)C(=O)N[C@@H](C)C(=O)N[C@@H](C)C(=O)O)[C@H](S)C(=O)O. The van der Waals surface area contributed by atoms with Crippen molar-refractivity contribution < 1.29 is 78.0 Å². The number of nitrogens with zero attached hydrogens (tertiary/aromatic N) is 1. The maximum absolute atomic E-state index is 14.5. The number of nitrogens with one attached hydrogen (secondary N) is 10. The summed E-state index contributed by atoms with van der Waals surface area (Å²) in [5.74, 6) is -13.4. The second kappa shape index (κ2) is 38.8. The van der Waals surface area contributed by atoms with Gasteiger partial charge < -0.3 is 90.8 Å². The molecule has 31 heteroatoms. The van der Waals surface area contributed by atoms with Crippen LogP contribution in [0.4, 0.5) is 0 Å². The zero-order chi connectivity index (χ0) is 69.9. The lowest BCUT2D eigenvalue weighted by molar-refractivity contribution is -0.141. The third-order valence-electron chi connectivity index (χ3n) is 14.1. The predicted molar refractivity (Wildman–Crippen MR) is 344 cm³/mol. The second-order valence-corrected chi connectivity index (χ2v) is 25.0. The molecule has 0 fully saturated rings. The van der Waals surface area contributed by atoms with Gasteiger partial charge in [0, 0.05) is 19.4 Å². The number of phenolic OH excluding ortho intramolecular Hbond substituents is 2. The molecule has 0 aliphatic rings. The highest BCUT2D eigenvalue weighted by molar-refractivity contribution is 7.81. The quantitative estimate of drug-likeness (QED) is 0.0162. The average Bonchev–Trinajstić information content (AvgIpc) is 1.02. The van der Waals surface area contributed by atoms with E-state index in [1.54, 1.807) is 41.5 Å². The number of carbonyl (C=O) groups is 12. The lowest BCUT2D eigenvalue weighted by Gasteiger charge is -2.29. The van der Waals surface area contributed by atoms with Crippen molar-refractivity contribution in [3.05, 3.63) is 59.7 Å². The van der Waals surface area contributed by atoms with Crippen LogP contribution in [0, 0.1) is 23.7 Å². The molecule has 0 spiro atoms. The van der Waals surface area contributed by atoms with Crippen LogP contribution in [0.1, 0.15) is 126 Å². The molecular formula is C61H96N14O16S. The Bertz CT molecular complexity index is 2870. The monoisotopic (exact) mass is 1310 g/mol. The van der Waals surface area contributed by atoms with Gasteiger partial charge in [0.2, 0.25) is 59.1 Å². The molecule has 12 atom stereocenters. The molecule has 0 saturated carbocycles. The van der Waals surface area contributed by atoms with Crippen molar-refractivity contribution in [2.45, 2.75) is 199 Å². The molecule has 2 aromatic carbocycles. The largest absolute Gasteiger partial charge is 0.508 e. The molecule has 92 heavy (non-hydrogen) atoms. The number of benzene rings is 2. The highest BCUT2D eigenvalue weighted by Crippen LogP contribution is 2.17. The maximum atomic E-state index is 14.5. The van der Waals surface area contributed by atoms with Gasteiger partial charge in [0.05, 0.1) is 6.04 Å². The number of phenols is 2. The molecule has 0 aliphatic carbocycles. The van der Waals surface area contributed by atoms with Gasteiger partial charge in [0.1, 0.15) is 77.2 Å². The number of aliphatic carboxylic acids is 2. The number of hydrogen-bond acceptors (Lipinski definition) is 17. The Morgan fingerprint density at radius 1 is 0.413 bits per heavy atom. The van der Waals surface area contributed by atoms with Crippen molar-refractivity contribution in [3.8, 4) is 11.5 Å². The third kappa shape index (κ3) is 29.0. The lowest BCUT2D eigenvalue weighted by atomic mass is 9.99. The molecule has 0 aromatic heterocycles. The number of carbonyl (C=O) groups excluding carboxylic acids is 10. The van der Waals surface area contributed by atoms with Crippen LogP contribution in [0.15, 0.2) is 53.5 Å². The fourth-order valence-electron chi connectivity index (χ4n) is 9.15. The smallest absolute Gasteiger partial charge is 0.325 e. The van der Waals surface area contributed by atoms with Crippen LogP contribution in [0.3, 0.4) is 0 Å². The van der Waals surface area contributed by atoms with E-state index in [9.17, 15) is 78.0 Å². The van der Waals surface area contributed by atoms with Gasteiger partial charge in [-0.25, -0.2) is 0 Å². The van der Waals surface area contributed by atoms with E-state index in [2.05, 4.69) is 70.8 Å². The van der Waals surface area contributed by atoms with E-state index in [4.69, 9.17) is 17.2 Å². The predicted octanol–water partition coefficient (Wildman–Crippen LogP) is -1.18. The Morgan fingerprint density at radius 2 is 0.739 bits per heavy atom. The van der Waals surface area contributed by atoms with Crippen LogP contribution in [0.25, 0.3) is 0 Å². The van der Waals surface area contributed by atoms with Crippen LogP contribution >= 0.6 is 12.6 Å². The van der Waals surface area contributed by atoms with Crippen LogP contribution in [-0.2, 0) is 70.4 Å². The van der Waals surface area contributed by atoms with Crippen LogP contribution in [0.2, 0.25) is 0 Å². The molecule has 0 aliphatic heterocycles. The number of guanidine groups is 1. The number of hydrogen-bond donors (Lipinski definition) is 18. The molecule has 2 aromatic rings.